The number of ether oxygens (including phenoxy) is 2. The molecule has 0 aromatic heterocycles. The summed E-state index contributed by atoms with van der Waals surface area (Å²) in [6, 6.07) is 8.95. The van der Waals surface area contributed by atoms with Crippen molar-refractivity contribution in [3.63, 3.8) is 0 Å². The molecule has 2 rings (SSSR count). The number of nitrogens with one attached hydrogen (secondary N) is 1. The van der Waals surface area contributed by atoms with E-state index >= 15 is 0 Å². The van der Waals surface area contributed by atoms with Gasteiger partial charge >= 0.3 is 0 Å². The minimum atomic E-state index is 0.548. The summed E-state index contributed by atoms with van der Waals surface area (Å²) in [5.74, 6) is 1.81. The monoisotopic (exact) mass is 291 g/mol. The van der Waals surface area contributed by atoms with Gasteiger partial charge < -0.3 is 14.8 Å². The van der Waals surface area contributed by atoms with Gasteiger partial charge in [0.05, 0.1) is 13.2 Å². The molecule has 0 radical (unpaired) electrons. The molecule has 1 saturated carbocycles. The Kier molecular flexibility index (Phi) is 7.04. The summed E-state index contributed by atoms with van der Waals surface area (Å²) in [6.07, 6.45) is 4.75. The van der Waals surface area contributed by atoms with Crippen molar-refractivity contribution in [2.75, 3.05) is 26.4 Å². The number of hydrogen-bond acceptors (Lipinski definition) is 3. The van der Waals surface area contributed by atoms with Gasteiger partial charge in [0, 0.05) is 12.6 Å². The standard InChI is InChI=1S/C18H29NO2/c1-15(2)19-11-3-12-21-18-8-6-16(7-9-18)10-13-20-14-17-4-5-17/h6-9,15,17,19H,3-5,10-14H2,1-2H3. The van der Waals surface area contributed by atoms with Crippen molar-refractivity contribution < 1.29 is 9.47 Å². The average Bonchev–Trinajstić information content (AvgIpc) is 3.28. The van der Waals surface area contributed by atoms with Gasteiger partial charge in [-0.05, 0) is 55.8 Å². The molecule has 0 amide bonds. The van der Waals surface area contributed by atoms with Gasteiger partial charge in [0.1, 0.15) is 5.75 Å². The Bertz CT molecular complexity index is 385. The summed E-state index contributed by atoms with van der Waals surface area (Å²) < 4.78 is 11.4. The van der Waals surface area contributed by atoms with Crippen LogP contribution < -0.4 is 10.1 Å². The Morgan fingerprint density at radius 3 is 2.57 bits per heavy atom. The highest BCUT2D eigenvalue weighted by Gasteiger charge is 2.20. The molecule has 0 aliphatic heterocycles. The smallest absolute Gasteiger partial charge is 0.119 e. The molecule has 0 saturated heterocycles. The quantitative estimate of drug-likeness (QED) is 0.634. The molecule has 0 atom stereocenters. The third-order valence-electron chi connectivity index (χ3n) is 3.65. The lowest BCUT2D eigenvalue weighted by Crippen LogP contribution is -2.24. The van der Waals surface area contributed by atoms with E-state index in [2.05, 4.69) is 43.4 Å². The van der Waals surface area contributed by atoms with E-state index in [1.54, 1.807) is 0 Å². The normalized spacial score (nSPS) is 14.6. The first-order chi connectivity index (χ1) is 10.2. The van der Waals surface area contributed by atoms with Crippen LogP contribution in [0.2, 0.25) is 0 Å². The summed E-state index contributed by atoms with van der Waals surface area (Å²) >= 11 is 0. The van der Waals surface area contributed by atoms with Crippen LogP contribution in [0.4, 0.5) is 0 Å². The molecule has 0 unspecified atom stereocenters. The largest absolute Gasteiger partial charge is 0.494 e. The average molecular weight is 291 g/mol. The topological polar surface area (TPSA) is 30.5 Å². The van der Waals surface area contributed by atoms with Gasteiger partial charge in [-0.25, -0.2) is 0 Å². The zero-order chi connectivity index (χ0) is 14.9. The fourth-order valence-electron chi connectivity index (χ4n) is 2.13. The summed E-state index contributed by atoms with van der Waals surface area (Å²) in [6.45, 7) is 7.88. The highest BCUT2D eigenvalue weighted by atomic mass is 16.5. The second-order valence-electron chi connectivity index (χ2n) is 6.22. The van der Waals surface area contributed by atoms with E-state index in [0.29, 0.717) is 6.04 Å². The summed E-state index contributed by atoms with van der Waals surface area (Å²) in [7, 11) is 0. The fraction of sp³-hybridized carbons (Fsp3) is 0.667. The van der Waals surface area contributed by atoms with E-state index in [4.69, 9.17) is 9.47 Å². The van der Waals surface area contributed by atoms with Crippen LogP contribution in [0.1, 0.15) is 38.7 Å². The van der Waals surface area contributed by atoms with Crippen LogP contribution in [0.5, 0.6) is 5.75 Å². The van der Waals surface area contributed by atoms with E-state index in [1.807, 2.05) is 0 Å². The highest BCUT2D eigenvalue weighted by Crippen LogP contribution is 2.28. The molecular formula is C18H29NO2. The molecule has 0 spiro atoms. The van der Waals surface area contributed by atoms with E-state index < -0.39 is 0 Å². The minimum Gasteiger partial charge on any atom is -0.494 e. The Hall–Kier alpha value is -1.06. The van der Waals surface area contributed by atoms with Crippen molar-refractivity contribution >= 4 is 0 Å². The molecule has 1 aromatic carbocycles. The zero-order valence-electron chi connectivity index (χ0n) is 13.4. The van der Waals surface area contributed by atoms with E-state index in [9.17, 15) is 0 Å². The van der Waals surface area contributed by atoms with E-state index in [0.717, 1.165) is 50.9 Å². The van der Waals surface area contributed by atoms with Crippen LogP contribution in [0.25, 0.3) is 0 Å². The maximum Gasteiger partial charge on any atom is 0.119 e. The molecule has 118 valence electrons. The molecule has 1 aliphatic rings. The first kappa shape index (κ1) is 16.3. The fourth-order valence-corrected chi connectivity index (χ4v) is 2.13. The summed E-state index contributed by atoms with van der Waals surface area (Å²) in [4.78, 5) is 0. The molecule has 21 heavy (non-hydrogen) atoms. The molecule has 1 aromatic rings. The molecule has 3 nitrogen and oxygen atoms in total. The summed E-state index contributed by atoms with van der Waals surface area (Å²) in [5, 5.41) is 3.39. The number of rotatable bonds is 11. The molecule has 0 bridgehead atoms. The van der Waals surface area contributed by atoms with Crippen molar-refractivity contribution in [3.8, 4) is 5.75 Å². The molecule has 1 aliphatic carbocycles. The van der Waals surface area contributed by atoms with Crippen LogP contribution in [-0.2, 0) is 11.2 Å². The van der Waals surface area contributed by atoms with E-state index in [1.165, 1.54) is 18.4 Å². The van der Waals surface area contributed by atoms with Gasteiger partial charge in [-0.1, -0.05) is 26.0 Å². The predicted octanol–water partition coefficient (Wildman–Crippen LogP) is 3.42. The van der Waals surface area contributed by atoms with Crippen LogP contribution in [0.15, 0.2) is 24.3 Å². The number of hydrogen-bond donors (Lipinski definition) is 1. The third kappa shape index (κ3) is 7.49. The predicted molar refractivity (Wildman–Crippen MR) is 86.9 cm³/mol. The lowest BCUT2D eigenvalue weighted by Gasteiger charge is -2.10. The molecule has 1 fully saturated rings. The molecular weight excluding hydrogens is 262 g/mol. The molecule has 1 N–H and O–H groups in total. The molecule has 3 heteroatoms. The van der Waals surface area contributed by atoms with Crippen LogP contribution >= 0.6 is 0 Å². The maximum atomic E-state index is 5.74. The lowest BCUT2D eigenvalue weighted by atomic mass is 10.1. The first-order valence-corrected chi connectivity index (χ1v) is 8.27. The van der Waals surface area contributed by atoms with Crippen LogP contribution in [-0.4, -0.2) is 32.4 Å². The van der Waals surface area contributed by atoms with E-state index in [-0.39, 0.29) is 0 Å². The summed E-state index contributed by atoms with van der Waals surface area (Å²) in [5.41, 5.74) is 1.32. The second-order valence-corrected chi connectivity index (χ2v) is 6.22. The Labute approximate surface area is 129 Å². The Balaban J connectivity index is 1.55. The van der Waals surface area contributed by atoms with Crippen molar-refractivity contribution in [2.24, 2.45) is 5.92 Å². The third-order valence-corrected chi connectivity index (χ3v) is 3.65. The van der Waals surface area contributed by atoms with Crippen molar-refractivity contribution in [1.29, 1.82) is 0 Å². The van der Waals surface area contributed by atoms with Crippen molar-refractivity contribution in [1.82, 2.24) is 5.32 Å². The van der Waals surface area contributed by atoms with Gasteiger partial charge in [-0.15, -0.1) is 0 Å². The van der Waals surface area contributed by atoms with Crippen LogP contribution in [0, 0.1) is 5.92 Å². The van der Waals surface area contributed by atoms with Crippen molar-refractivity contribution in [3.05, 3.63) is 29.8 Å². The van der Waals surface area contributed by atoms with Gasteiger partial charge in [-0.3, -0.25) is 0 Å². The van der Waals surface area contributed by atoms with Crippen molar-refractivity contribution in [2.45, 2.75) is 45.6 Å². The second kappa shape index (κ2) is 9.06. The minimum absolute atomic E-state index is 0.548. The Morgan fingerprint density at radius 1 is 1.14 bits per heavy atom. The van der Waals surface area contributed by atoms with Crippen LogP contribution in [0.3, 0.4) is 0 Å². The van der Waals surface area contributed by atoms with Gasteiger partial charge in [0.15, 0.2) is 0 Å². The van der Waals surface area contributed by atoms with Gasteiger partial charge in [0.25, 0.3) is 0 Å². The zero-order valence-corrected chi connectivity index (χ0v) is 13.4. The highest BCUT2D eigenvalue weighted by molar-refractivity contribution is 5.27. The van der Waals surface area contributed by atoms with Gasteiger partial charge in [0.2, 0.25) is 0 Å². The van der Waals surface area contributed by atoms with Gasteiger partial charge in [-0.2, -0.15) is 0 Å². The number of benzene rings is 1. The SMILES string of the molecule is CC(C)NCCCOc1ccc(CCOCC2CC2)cc1. The first-order valence-electron chi connectivity index (χ1n) is 8.27. The molecule has 0 heterocycles. The lowest BCUT2D eigenvalue weighted by molar-refractivity contribution is 0.127. The Morgan fingerprint density at radius 2 is 1.90 bits per heavy atom. The maximum absolute atomic E-state index is 5.74.